The number of esters is 1. The summed E-state index contributed by atoms with van der Waals surface area (Å²) >= 11 is 5.90. The van der Waals surface area contributed by atoms with E-state index in [2.05, 4.69) is 0 Å². The predicted molar refractivity (Wildman–Crippen MR) is 94.2 cm³/mol. The largest absolute Gasteiger partial charge is 0.424 e. The number of ketones is 1. The van der Waals surface area contributed by atoms with E-state index < -0.39 is 0 Å². The van der Waals surface area contributed by atoms with E-state index in [0.29, 0.717) is 28.6 Å². The second-order valence-electron chi connectivity index (χ2n) is 5.90. The van der Waals surface area contributed by atoms with Gasteiger partial charge in [0.05, 0.1) is 17.8 Å². The Hall–Kier alpha value is -2.85. The molecule has 0 amide bonds. The third kappa shape index (κ3) is 2.96. The number of carbonyl (C=O) groups is 2. The molecular formula is C20H14ClNO3. The van der Waals surface area contributed by atoms with Crippen molar-refractivity contribution in [3.05, 3.63) is 88.2 Å². The van der Waals surface area contributed by atoms with E-state index in [-0.39, 0.29) is 18.2 Å². The van der Waals surface area contributed by atoms with Crippen molar-refractivity contribution < 1.29 is 14.3 Å². The van der Waals surface area contributed by atoms with Crippen LogP contribution >= 0.6 is 11.6 Å². The minimum atomic E-state index is -0.294. The van der Waals surface area contributed by atoms with Crippen LogP contribution in [0.3, 0.4) is 0 Å². The summed E-state index contributed by atoms with van der Waals surface area (Å²) < 4.78 is 7.11. The Balaban J connectivity index is 1.77. The number of rotatable bonds is 4. The van der Waals surface area contributed by atoms with Gasteiger partial charge in [0.15, 0.2) is 5.75 Å². The zero-order valence-corrected chi connectivity index (χ0v) is 14.0. The van der Waals surface area contributed by atoms with Crippen molar-refractivity contribution in [2.75, 3.05) is 0 Å². The summed E-state index contributed by atoms with van der Waals surface area (Å²) in [4.78, 5) is 24.6. The molecule has 0 unspecified atom stereocenters. The quantitative estimate of drug-likeness (QED) is 0.529. The molecule has 0 saturated carbocycles. The first-order valence-corrected chi connectivity index (χ1v) is 8.27. The Bertz CT molecular complexity index is 959. The van der Waals surface area contributed by atoms with Crippen LogP contribution in [0.25, 0.3) is 0 Å². The molecule has 1 aliphatic heterocycles. The van der Waals surface area contributed by atoms with Gasteiger partial charge in [-0.2, -0.15) is 0 Å². The molecule has 25 heavy (non-hydrogen) atoms. The number of ether oxygens (including phenoxy) is 1. The number of fused-ring (bicyclic) bond motifs is 1. The van der Waals surface area contributed by atoms with Crippen molar-refractivity contribution in [1.29, 1.82) is 0 Å². The first-order chi connectivity index (χ1) is 12.1. The summed E-state index contributed by atoms with van der Waals surface area (Å²) in [5.74, 6) is 0.0496. The highest BCUT2D eigenvalue weighted by Gasteiger charge is 2.29. The molecule has 0 aliphatic carbocycles. The lowest BCUT2D eigenvalue weighted by Crippen LogP contribution is -2.15. The Kier molecular flexibility index (Phi) is 3.90. The van der Waals surface area contributed by atoms with Crippen molar-refractivity contribution in [3.63, 3.8) is 0 Å². The zero-order chi connectivity index (χ0) is 17.4. The van der Waals surface area contributed by atoms with Gasteiger partial charge in [0, 0.05) is 23.2 Å². The van der Waals surface area contributed by atoms with Crippen molar-refractivity contribution in [1.82, 2.24) is 4.57 Å². The number of hydrogen-bond donors (Lipinski definition) is 0. The summed E-state index contributed by atoms with van der Waals surface area (Å²) in [6.45, 7) is 0.501. The van der Waals surface area contributed by atoms with Crippen LogP contribution in [0.15, 0.2) is 60.7 Å². The lowest BCUT2D eigenvalue weighted by Gasteiger charge is -2.11. The maximum absolute atomic E-state index is 13.0. The van der Waals surface area contributed by atoms with Crippen LogP contribution in [-0.2, 0) is 17.8 Å². The third-order valence-corrected chi connectivity index (χ3v) is 4.48. The van der Waals surface area contributed by atoms with Crippen LogP contribution in [0.1, 0.15) is 27.3 Å². The minimum absolute atomic E-state index is 0.127. The lowest BCUT2D eigenvalue weighted by molar-refractivity contribution is -0.131. The van der Waals surface area contributed by atoms with Gasteiger partial charge in [-0.05, 0) is 29.8 Å². The molecule has 0 N–H and O–H groups in total. The molecule has 2 aromatic carbocycles. The van der Waals surface area contributed by atoms with Gasteiger partial charge in [0.2, 0.25) is 5.78 Å². The van der Waals surface area contributed by atoms with Crippen LogP contribution in [0.5, 0.6) is 5.75 Å². The first kappa shape index (κ1) is 15.7. The highest BCUT2D eigenvalue weighted by Crippen LogP contribution is 2.32. The maximum Gasteiger partial charge on any atom is 0.317 e. The molecule has 1 aliphatic rings. The van der Waals surface area contributed by atoms with Gasteiger partial charge in [-0.1, -0.05) is 41.9 Å². The predicted octanol–water partition coefficient (Wildman–Crippen LogP) is 3.88. The Labute approximate surface area is 149 Å². The fourth-order valence-electron chi connectivity index (χ4n) is 3.01. The summed E-state index contributed by atoms with van der Waals surface area (Å²) in [6, 6.07) is 18.2. The van der Waals surface area contributed by atoms with E-state index in [1.54, 1.807) is 30.3 Å². The monoisotopic (exact) mass is 351 g/mol. The molecule has 0 fully saturated rings. The van der Waals surface area contributed by atoms with Gasteiger partial charge in [-0.15, -0.1) is 0 Å². The first-order valence-electron chi connectivity index (χ1n) is 7.89. The standard InChI is InChI=1S/C20H14ClNO3/c21-15-8-6-14(7-9-15)20(24)17-10-18-16(11-19(23)25-18)22(17)12-13-4-2-1-3-5-13/h1-10H,11-12H2. The molecule has 0 spiro atoms. The summed E-state index contributed by atoms with van der Waals surface area (Å²) in [5, 5.41) is 0.577. The molecule has 0 bridgehead atoms. The van der Waals surface area contributed by atoms with Crippen LogP contribution in [0.4, 0.5) is 0 Å². The molecule has 5 heteroatoms. The molecular weight excluding hydrogens is 338 g/mol. The average molecular weight is 352 g/mol. The molecule has 4 rings (SSSR count). The van der Waals surface area contributed by atoms with Crippen LogP contribution in [0.2, 0.25) is 5.02 Å². The van der Waals surface area contributed by atoms with Crippen LogP contribution in [-0.4, -0.2) is 16.3 Å². The van der Waals surface area contributed by atoms with Gasteiger partial charge < -0.3 is 9.30 Å². The molecule has 4 nitrogen and oxygen atoms in total. The smallest absolute Gasteiger partial charge is 0.317 e. The molecule has 1 aromatic heterocycles. The fourth-order valence-corrected chi connectivity index (χ4v) is 3.14. The van der Waals surface area contributed by atoms with Gasteiger partial charge in [0.25, 0.3) is 0 Å². The van der Waals surface area contributed by atoms with E-state index >= 15 is 0 Å². The van der Waals surface area contributed by atoms with Crippen molar-refractivity contribution >= 4 is 23.4 Å². The van der Waals surface area contributed by atoms with Crippen molar-refractivity contribution in [3.8, 4) is 5.75 Å². The summed E-state index contributed by atoms with van der Waals surface area (Å²) in [6.07, 6.45) is 0.177. The third-order valence-electron chi connectivity index (χ3n) is 4.23. The lowest BCUT2D eigenvalue weighted by atomic mass is 10.1. The van der Waals surface area contributed by atoms with Crippen LogP contribution in [0, 0.1) is 0 Å². The van der Waals surface area contributed by atoms with Gasteiger partial charge in [0.1, 0.15) is 0 Å². The molecule has 124 valence electrons. The SMILES string of the molecule is O=C1Cc2c(cc(C(=O)c3ccc(Cl)cc3)n2Cc2ccccc2)O1. The molecule has 0 saturated heterocycles. The summed E-state index contributed by atoms with van der Waals surface area (Å²) in [5.41, 5.74) is 2.83. The fraction of sp³-hybridized carbons (Fsp3) is 0.100. The Morgan fingerprint density at radius 1 is 1.08 bits per heavy atom. The molecule has 0 atom stereocenters. The Morgan fingerprint density at radius 3 is 2.52 bits per heavy atom. The van der Waals surface area contributed by atoms with E-state index in [4.69, 9.17) is 16.3 Å². The van der Waals surface area contributed by atoms with Gasteiger partial charge in [-0.3, -0.25) is 9.59 Å². The number of carbonyl (C=O) groups excluding carboxylic acids is 2. The second-order valence-corrected chi connectivity index (χ2v) is 6.34. The number of nitrogens with zero attached hydrogens (tertiary/aromatic N) is 1. The number of aromatic nitrogens is 1. The average Bonchev–Trinajstić information content (AvgIpc) is 3.13. The zero-order valence-electron chi connectivity index (χ0n) is 13.2. The number of hydrogen-bond acceptors (Lipinski definition) is 3. The number of benzene rings is 2. The van der Waals surface area contributed by atoms with E-state index in [1.807, 2.05) is 34.9 Å². The minimum Gasteiger partial charge on any atom is -0.424 e. The molecule has 2 heterocycles. The van der Waals surface area contributed by atoms with E-state index in [1.165, 1.54) is 0 Å². The topological polar surface area (TPSA) is 48.3 Å². The van der Waals surface area contributed by atoms with Crippen molar-refractivity contribution in [2.24, 2.45) is 0 Å². The maximum atomic E-state index is 13.0. The highest BCUT2D eigenvalue weighted by atomic mass is 35.5. The summed E-state index contributed by atoms with van der Waals surface area (Å²) in [7, 11) is 0. The van der Waals surface area contributed by atoms with Gasteiger partial charge >= 0.3 is 5.97 Å². The van der Waals surface area contributed by atoms with Crippen LogP contribution < -0.4 is 4.74 Å². The number of halogens is 1. The second kappa shape index (κ2) is 6.22. The van der Waals surface area contributed by atoms with Crippen molar-refractivity contribution in [2.45, 2.75) is 13.0 Å². The van der Waals surface area contributed by atoms with E-state index in [0.717, 1.165) is 11.3 Å². The highest BCUT2D eigenvalue weighted by molar-refractivity contribution is 6.30. The Morgan fingerprint density at radius 2 is 1.80 bits per heavy atom. The molecule has 0 radical (unpaired) electrons. The van der Waals surface area contributed by atoms with Gasteiger partial charge in [-0.25, -0.2) is 0 Å². The normalized spacial score (nSPS) is 12.8. The molecule has 3 aromatic rings. The van der Waals surface area contributed by atoms with E-state index in [9.17, 15) is 9.59 Å².